The van der Waals surface area contributed by atoms with Gasteiger partial charge in [-0.15, -0.1) is 0 Å². The van der Waals surface area contributed by atoms with Crippen LogP contribution in [0, 0.1) is 0 Å². The fourth-order valence-electron chi connectivity index (χ4n) is 3.03. The summed E-state index contributed by atoms with van der Waals surface area (Å²) in [6.07, 6.45) is 0.947. The predicted octanol–water partition coefficient (Wildman–Crippen LogP) is 2.08. The molecule has 21 heavy (non-hydrogen) atoms. The molecule has 0 aliphatic carbocycles. The normalized spacial score (nSPS) is 25.5. The lowest BCUT2D eigenvalue weighted by Gasteiger charge is -2.33. The van der Waals surface area contributed by atoms with Gasteiger partial charge in [0.15, 0.2) is 0 Å². The van der Waals surface area contributed by atoms with Crippen LogP contribution in [0.4, 0.5) is 4.79 Å². The summed E-state index contributed by atoms with van der Waals surface area (Å²) < 4.78 is 0. The van der Waals surface area contributed by atoms with E-state index >= 15 is 0 Å². The summed E-state index contributed by atoms with van der Waals surface area (Å²) in [5, 5.41) is 11.3. The van der Waals surface area contributed by atoms with Crippen molar-refractivity contribution in [3.63, 3.8) is 0 Å². The first-order valence-electron chi connectivity index (χ1n) is 6.48. The number of imide groups is 1. The predicted molar refractivity (Wildman–Crippen MR) is 77.0 cm³/mol. The maximum atomic E-state index is 12.0. The van der Waals surface area contributed by atoms with Gasteiger partial charge in [-0.25, -0.2) is 10.6 Å². The number of carbonyl (C=O) groups is 2. The number of hydrogen-bond acceptors (Lipinski definition) is 4. The highest BCUT2D eigenvalue weighted by atomic mass is 35.5. The molecule has 112 valence electrons. The molecule has 6 nitrogen and oxygen atoms in total. The van der Waals surface area contributed by atoms with Gasteiger partial charge in [-0.1, -0.05) is 23.2 Å². The van der Waals surface area contributed by atoms with Crippen molar-refractivity contribution in [1.29, 1.82) is 0 Å². The van der Waals surface area contributed by atoms with Crippen LogP contribution in [0.25, 0.3) is 0 Å². The van der Waals surface area contributed by atoms with E-state index in [2.05, 4.69) is 0 Å². The van der Waals surface area contributed by atoms with Crippen LogP contribution in [0.2, 0.25) is 10.0 Å². The number of phenolic OH excluding ortho intramolecular Hbond substituents is 1. The lowest BCUT2D eigenvalue weighted by molar-refractivity contribution is -0.129. The number of hydrogen-bond donors (Lipinski definition) is 2. The van der Waals surface area contributed by atoms with Gasteiger partial charge in [0.25, 0.3) is 5.91 Å². The van der Waals surface area contributed by atoms with Gasteiger partial charge in [0.2, 0.25) is 0 Å². The molecule has 1 aromatic rings. The van der Waals surface area contributed by atoms with Gasteiger partial charge >= 0.3 is 6.03 Å². The molecule has 3 N–H and O–H groups in total. The fourth-order valence-corrected chi connectivity index (χ4v) is 3.51. The summed E-state index contributed by atoms with van der Waals surface area (Å²) in [5.74, 6) is 4.91. The van der Waals surface area contributed by atoms with E-state index in [1.54, 1.807) is 0 Å². The van der Waals surface area contributed by atoms with Crippen LogP contribution in [-0.4, -0.2) is 39.5 Å². The maximum absolute atomic E-state index is 12.0. The summed E-state index contributed by atoms with van der Waals surface area (Å²) in [6, 6.07) is 1.91. The molecule has 0 aromatic heterocycles. The van der Waals surface area contributed by atoms with Crippen LogP contribution < -0.4 is 5.84 Å². The van der Waals surface area contributed by atoms with Crippen molar-refractivity contribution in [3.05, 3.63) is 27.7 Å². The Morgan fingerprint density at radius 2 is 2.00 bits per heavy atom. The molecule has 2 heterocycles. The van der Waals surface area contributed by atoms with E-state index in [0.29, 0.717) is 35.0 Å². The zero-order chi connectivity index (χ0) is 15.3. The van der Waals surface area contributed by atoms with E-state index < -0.39 is 18.0 Å². The molecule has 8 heteroatoms. The molecule has 2 aliphatic heterocycles. The molecular weight excluding hydrogens is 317 g/mol. The minimum atomic E-state index is -0.601. The molecule has 2 fully saturated rings. The zero-order valence-electron chi connectivity index (χ0n) is 10.9. The Morgan fingerprint density at radius 1 is 1.29 bits per heavy atom. The van der Waals surface area contributed by atoms with Crippen molar-refractivity contribution in [2.24, 2.45) is 5.84 Å². The minimum Gasteiger partial charge on any atom is -0.508 e. The Morgan fingerprint density at radius 3 is 2.71 bits per heavy atom. The third-order valence-electron chi connectivity index (χ3n) is 4.09. The van der Waals surface area contributed by atoms with Crippen molar-refractivity contribution in [2.75, 3.05) is 6.54 Å². The van der Waals surface area contributed by atoms with Crippen molar-refractivity contribution < 1.29 is 14.7 Å². The lowest BCUT2D eigenvalue weighted by Crippen LogP contribution is -2.41. The van der Waals surface area contributed by atoms with Crippen molar-refractivity contribution in [1.82, 2.24) is 9.91 Å². The Kier molecular flexibility index (Phi) is 3.47. The molecule has 0 radical (unpaired) electrons. The SMILES string of the molecule is NN1C(=O)[C@H]2C[C@@H](c3c(O)ccc(Cl)c3Cl)CCN2C1=O. The number of aromatic hydroxyl groups is 1. The lowest BCUT2D eigenvalue weighted by atomic mass is 9.85. The highest BCUT2D eigenvalue weighted by Gasteiger charge is 2.47. The number of carbonyl (C=O) groups excluding carboxylic acids is 2. The van der Waals surface area contributed by atoms with Gasteiger partial charge in [-0.05, 0) is 30.9 Å². The maximum Gasteiger partial charge on any atom is 0.342 e. The molecule has 0 spiro atoms. The third-order valence-corrected chi connectivity index (χ3v) is 4.91. The molecule has 3 rings (SSSR count). The number of phenols is 1. The molecule has 0 bridgehead atoms. The largest absolute Gasteiger partial charge is 0.508 e. The summed E-state index contributed by atoms with van der Waals surface area (Å²) in [7, 11) is 0. The topological polar surface area (TPSA) is 86.9 Å². The molecule has 0 saturated carbocycles. The van der Waals surface area contributed by atoms with Crippen LogP contribution in [0.1, 0.15) is 24.3 Å². The second-order valence-corrected chi connectivity index (χ2v) is 6.00. The number of piperidine rings is 1. The number of urea groups is 1. The highest BCUT2D eigenvalue weighted by molar-refractivity contribution is 6.42. The Balaban J connectivity index is 1.93. The number of nitrogens with zero attached hydrogens (tertiary/aromatic N) is 2. The van der Waals surface area contributed by atoms with Crippen LogP contribution in [-0.2, 0) is 4.79 Å². The summed E-state index contributed by atoms with van der Waals surface area (Å²) >= 11 is 12.2. The average Bonchev–Trinajstić information content (AvgIpc) is 2.68. The quantitative estimate of drug-likeness (QED) is 0.469. The van der Waals surface area contributed by atoms with Gasteiger partial charge in [0, 0.05) is 12.1 Å². The van der Waals surface area contributed by atoms with Crippen LogP contribution in [0.3, 0.4) is 0 Å². The third kappa shape index (κ3) is 2.14. The van der Waals surface area contributed by atoms with E-state index in [1.807, 2.05) is 0 Å². The van der Waals surface area contributed by atoms with Gasteiger partial charge < -0.3 is 10.0 Å². The Bertz CT molecular complexity index is 637. The molecule has 0 unspecified atom stereocenters. The number of rotatable bonds is 1. The summed E-state index contributed by atoms with van der Waals surface area (Å²) in [5.41, 5.74) is 0.527. The second-order valence-electron chi connectivity index (χ2n) is 5.22. The molecule has 1 aromatic carbocycles. The first-order valence-corrected chi connectivity index (χ1v) is 7.23. The molecule has 2 aliphatic rings. The number of benzene rings is 1. The fraction of sp³-hybridized carbons (Fsp3) is 0.385. The molecule has 3 amide bonds. The van der Waals surface area contributed by atoms with E-state index in [9.17, 15) is 14.7 Å². The monoisotopic (exact) mass is 329 g/mol. The highest BCUT2D eigenvalue weighted by Crippen LogP contribution is 2.44. The van der Waals surface area contributed by atoms with E-state index in [4.69, 9.17) is 29.0 Å². The Labute approximate surface area is 131 Å². The standard InChI is InChI=1S/C13H13Cl2N3O3/c14-7-1-2-9(19)10(11(7)15)6-3-4-17-8(5-6)12(20)18(16)13(17)21/h1-2,6,8,19H,3-5,16H2/t6-,8+/m0/s1. The number of nitrogens with two attached hydrogens (primary N) is 1. The van der Waals surface area contributed by atoms with Gasteiger partial charge in [-0.3, -0.25) is 4.79 Å². The molecule has 2 atom stereocenters. The number of hydrazine groups is 1. The van der Waals surface area contributed by atoms with Gasteiger partial charge in [0.05, 0.1) is 10.0 Å². The molecule has 2 saturated heterocycles. The van der Waals surface area contributed by atoms with Gasteiger partial charge in [-0.2, -0.15) is 5.01 Å². The number of halogens is 2. The van der Waals surface area contributed by atoms with Crippen molar-refractivity contribution in [3.8, 4) is 5.75 Å². The summed E-state index contributed by atoms with van der Waals surface area (Å²) in [6.45, 7) is 0.385. The van der Waals surface area contributed by atoms with E-state index in [1.165, 1.54) is 17.0 Å². The van der Waals surface area contributed by atoms with E-state index in [0.717, 1.165) is 0 Å². The Hall–Kier alpha value is -1.50. The minimum absolute atomic E-state index is 0.0456. The molecular formula is C13H13Cl2N3O3. The first kappa shape index (κ1) is 14.4. The van der Waals surface area contributed by atoms with Gasteiger partial charge in [0.1, 0.15) is 11.8 Å². The van der Waals surface area contributed by atoms with Crippen LogP contribution >= 0.6 is 23.2 Å². The van der Waals surface area contributed by atoms with Crippen molar-refractivity contribution in [2.45, 2.75) is 24.8 Å². The van der Waals surface area contributed by atoms with Crippen LogP contribution in [0.15, 0.2) is 12.1 Å². The van der Waals surface area contributed by atoms with Crippen molar-refractivity contribution >= 4 is 35.1 Å². The zero-order valence-corrected chi connectivity index (χ0v) is 12.4. The smallest absolute Gasteiger partial charge is 0.342 e. The van der Waals surface area contributed by atoms with E-state index in [-0.39, 0.29) is 16.7 Å². The number of amides is 3. The summed E-state index contributed by atoms with van der Waals surface area (Å²) in [4.78, 5) is 25.2. The average molecular weight is 330 g/mol. The number of fused-ring (bicyclic) bond motifs is 1. The van der Waals surface area contributed by atoms with Crippen LogP contribution in [0.5, 0.6) is 5.75 Å². The first-order chi connectivity index (χ1) is 9.91. The second kappa shape index (κ2) is 5.05.